The highest BCUT2D eigenvalue weighted by molar-refractivity contribution is 5.06. The Morgan fingerprint density at radius 2 is 2.11 bits per heavy atom. The van der Waals surface area contributed by atoms with Gasteiger partial charge in [0.05, 0.1) is 0 Å². The zero-order valence-electron chi connectivity index (χ0n) is 6.06. The monoisotopic (exact) mass is 128 g/mol. The second-order valence-corrected chi connectivity index (χ2v) is 3.13. The Kier molecular flexibility index (Phi) is 1.78. The topological polar surface area (TPSA) is 52.0 Å². The largest absolute Gasteiger partial charge is 0.326 e. The van der Waals surface area contributed by atoms with E-state index in [0.717, 1.165) is 25.7 Å². The van der Waals surface area contributed by atoms with Gasteiger partial charge in [0.25, 0.3) is 0 Å². The molecule has 4 N–H and O–H groups in total. The van der Waals surface area contributed by atoms with E-state index >= 15 is 0 Å². The molecule has 0 saturated heterocycles. The third kappa shape index (κ3) is 1.43. The van der Waals surface area contributed by atoms with Gasteiger partial charge in [0.2, 0.25) is 0 Å². The maximum Gasteiger partial charge on any atom is 0.0309 e. The minimum absolute atomic E-state index is 0.0377. The average Bonchev–Trinajstić information content (AvgIpc) is 2.50. The van der Waals surface area contributed by atoms with Gasteiger partial charge in [0.15, 0.2) is 0 Å². The van der Waals surface area contributed by atoms with Gasteiger partial charge in [-0.2, -0.15) is 0 Å². The molecular formula is C7H16N2. The second-order valence-electron chi connectivity index (χ2n) is 3.13. The molecule has 1 atom stereocenters. The Morgan fingerprint density at radius 1 is 1.56 bits per heavy atom. The van der Waals surface area contributed by atoms with Crippen molar-refractivity contribution in [3.8, 4) is 0 Å². The molecule has 1 rings (SSSR count). The van der Waals surface area contributed by atoms with Crippen LogP contribution in [0.1, 0.15) is 32.6 Å². The van der Waals surface area contributed by atoms with Gasteiger partial charge in [-0.1, -0.05) is 13.3 Å². The van der Waals surface area contributed by atoms with Crippen LogP contribution in [0.2, 0.25) is 0 Å². The molecule has 54 valence electrons. The molecular weight excluding hydrogens is 112 g/mol. The first-order chi connectivity index (χ1) is 4.19. The summed E-state index contributed by atoms with van der Waals surface area (Å²) in [6.45, 7) is 2.14. The second kappa shape index (κ2) is 2.27. The number of nitrogens with two attached hydrogens (primary N) is 2. The van der Waals surface area contributed by atoms with Crippen molar-refractivity contribution in [3.63, 3.8) is 0 Å². The van der Waals surface area contributed by atoms with Crippen LogP contribution in [-0.4, -0.2) is 11.6 Å². The van der Waals surface area contributed by atoms with E-state index in [-0.39, 0.29) is 11.6 Å². The molecule has 1 aliphatic rings. The summed E-state index contributed by atoms with van der Waals surface area (Å²) >= 11 is 0. The van der Waals surface area contributed by atoms with Crippen molar-refractivity contribution in [1.29, 1.82) is 0 Å². The smallest absolute Gasteiger partial charge is 0.0309 e. The van der Waals surface area contributed by atoms with Crippen LogP contribution < -0.4 is 11.5 Å². The fraction of sp³-hybridized carbons (Fsp3) is 1.00. The zero-order valence-corrected chi connectivity index (χ0v) is 6.06. The van der Waals surface area contributed by atoms with E-state index in [4.69, 9.17) is 11.5 Å². The Balaban J connectivity index is 2.24. The first-order valence-corrected chi connectivity index (χ1v) is 3.73. The molecule has 0 aromatic rings. The maximum absolute atomic E-state index is 5.85. The molecule has 1 unspecified atom stereocenters. The molecule has 0 radical (unpaired) electrons. The van der Waals surface area contributed by atoms with Gasteiger partial charge in [-0.25, -0.2) is 0 Å². The van der Waals surface area contributed by atoms with Gasteiger partial charge in [0, 0.05) is 11.6 Å². The van der Waals surface area contributed by atoms with E-state index < -0.39 is 0 Å². The van der Waals surface area contributed by atoms with Crippen molar-refractivity contribution in [1.82, 2.24) is 0 Å². The van der Waals surface area contributed by atoms with Crippen LogP contribution in [0.15, 0.2) is 0 Å². The summed E-state index contributed by atoms with van der Waals surface area (Å²) in [6.07, 6.45) is 4.50. The molecule has 9 heavy (non-hydrogen) atoms. The van der Waals surface area contributed by atoms with Crippen LogP contribution in [0, 0.1) is 0 Å². The molecule has 0 heterocycles. The van der Waals surface area contributed by atoms with Crippen LogP contribution in [0.3, 0.4) is 0 Å². The number of hydrogen-bond acceptors (Lipinski definition) is 2. The molecule has 1 aliphatic carbocycles. The molecule has 2 heteroatoms. The Bertz CT molecular complexity index is 97.1. The summed E-state index contributed by atoms with van der Waals surface area (Å²) in [6, 6.07) is 0.252. The molecule has 0 bridgehead atoms. The SMILES string of the molecule is CCCC(N)C1(N)CC1. The molecule has 0 aromatic heterocycles. The quantitative estimate of drug-likeness (QED) is 0.585. The van der Waals surface area contributed by atoms with Gasteiger partial charge < -0.3 is 11.5 Å². The fourth-order valence-electron chi connectivity index (χ4n) is 1.11. The van der Waals surface area contributed by atoms with Crippen molar-refractivity contribution in [2.24, 2.45) is 11.5 Å². The van der Waals surface area contributed by atoms with Crippen molar-refractivity contribution in [3.05, 3.63) is 0 Å². The maximum atomic E-state index is 5.85. The predicted octanol–water partition coefficient (Wildman–Crippen LogP) is 0.605. The summed E-state index contributed by atoms with van der Waals surface area (Å²) in [5.74, 6) is 0. The lowest BCUT2D eigenvalue weighted by Gasteiger charge is -2.16. The number of hydrogen-bond donors (Lipinski definition) is 2. The third-order valence-corrected chi connectivity index (χ3v) is 2.17. The van der Waals surface area contributed by atoms with Gasteiger partial charge >= 0.3 is 0 Å². The molecule has 2 nitrogen and oxygen atoms in total. The van der Waals surface area contributed by atoms with Crippen LogP contribution in [0.4, 0.5) is 0 Å². The zero-order chi connectivity index (χ0) is 6.91. The molecule has 0 aromatic carbocycles. The van der Waals surface area contributed by atoms with E-state index in [0.29, 0.717) is 0 Å². The van der Waals surface area contributed by atoms with E-state index in [1.807, 2.05) is 0 Å². The third-order valence-electron chi connectivity index (χ3n) is 2.17. The van der Waals surface area contributed by atoms with E-state index in [1.54, 1.807) is 0 Å². The summed E-state index contributed by atoms with van der Waals surface area (Å²) in [5.41, 5.74) is 11.7. The van der Waals surface area contributed by atoms with Crippen molar-refractivity contribution in [2.45, 2.75) is 44.2 Å². The van der Waals surface area contributed by atoms with E-state index in [2.05, 4.69) is 6.92 Å². The van der Waals surface area contributed by atoms with E-state index in [9.17, 15) is 0 Å². The Hall–Kier alpha value is -0.0800. The van der Waals surface area contributed by atoms with Gasteiger partial charge in [0.1, 0.15) is 0 Å². The average molecular weight is 128 g/mol. The first kappa shape index (κ1) is 7.03. The Morgan fingerprint density at radius 3 is 2.44 bits per heavy atom. The van der Waals surface area contributed by atoms with Crippen LogP contribution in [-0.2, 0) is 0 Å². The predicted molar refractivity (Wildman–Crippen MR) is 39.0 cm³/mol. The van der Waals surface area contributed by atoms with Gasteiger partial charge in [-0.15, -0.1) is 0 Å². The Labute approximate surface area is 56.6 Å². The highest BCUT2D eigenvalue weighted by Gasteiger charge is 2.43. The normalized spacial score (nSPS) is 25.7. The summed E-state index contributed by atoms with van der Waals surface area (Å²) in [4.78, 5) is 0. The summed E-state index contributed by atoms with van der Waals surface area (Å²) in [7, 11) is 0. The lowest BCUT2D eigenvalue weighted by molar-refractivity contribution is 0.477. The van der Waals surface area contributed by atoms with Crippen LogP contribution in [0.25, 0.3) is 0 Å². The van der Waals surface area contributed by atoms with Crippen LogP contribution >= 0.6 is 0 Å². The minimum atomic E-state index is 0.0377. The summed E-state index contributed by atoms with van der Waals surface area (Å²) < 4.78 is 0. The fourth-order valence-corrected chi connectivity index (χ4v) is 1.11. The minimum Gasteiger partial charge on any atom is -0.326 e. The highest BCUT2D eigenvalue weighted by atomic mass is 14.9. The lowest BCUT2D eigenvalue weighted by Crippen LogP contribution is -2.43. The van der Waals surface area contributed by atoms with Crippen molar-refractivity contribution < 1.29 is 0 Å². The highest BCUT2D eigenvalue weighted by Crippen LogP contribution is 2.36. The van der Waals surface area contributed by atoms with E-state index in [1.165, 1.54) is 0 Å². The molecule has 0 spiro atoms. The molecule has 0 amide bonds. The van der Waals surface area contributed by atoms with Crippen LogP contribution in [0.5, 0.6) is 0 Å². The standard InChI is InChI=1S/C7H16N2/c1-2-3-6(8)7(9)4-5-7/h6H,2-5,8-9H2,1H3. The molecule has 1 fully saturated rings. The van der Waals surface area contributed by atoms with Crippen molar-refractivity contribution >= 4 is 0 Å². The summed E-state index contributed by atoms with van der Waals surface area (Å²) in [5, 5.41) is 0. The first-order valence-electron chi connectivity index (χ1n) is 3.73. The number of rotatable bonds is 3. The van der Waals surface area contributed by atoms with Gasteiger partial charge in [-0.3, -0.25) is 0 Å². The molecule has 0 aliphatic heterocycles. The lowest BCUT2D eigenvalue weighted by atomic mass is 10.0. The molecule has 1 saturated carbocycles. The van der Waals surface area contributed by atoms with Crippen molar-refractivity contribution in [2.75, 3.05) is 0 Å². The van der Waals surface area contributed by atoms with Gasteiger partial charge in [-0.05, 0) is 19.3 Å².